The number of ether oxygens (including phenoxy) is 1. The van der Waals surface area contributed by atoms with Crippen LogP contribution in [0.4, 0.5) is 5.69 Å². The smallest absolute Gasteiger partial charge is 0.261 e. The highest BCUT2D eigenvalue weighted by Crippen LogP contribution is 2.20. The van der Waals surface area contributed by atoms with Crippen molar-refractivity contribution in [3.05, 3.63) is 59.7 Å². The topological polar surface area (TPSA) is 79.5 Å². The number of nitrogens with one attached hydrogen (secondary N) is 3. The molecule has 7 heteroatoms. The molecule has 0 aromatic heterocycles. The molecule has 0 saturated heterocycles. The van der Waals surface area contributed by atoms with Crippen LogP contribution in [-0.4, -0.2) is 29.6 Å². The van der Waals surface area contributed by atoms with Crippen LogP contribution in [-0.2, 0) is 0 Å². The molecule has 0 heterocycles. The van der Waals surface area contributed by atoms with Crippen LogP contribution in [0.1, 0.15) is 85.4 Å². The molecule has 2 aromatic carbocycles. The summed E-state index contributed by atoms with van der Waals surface area (Å²) in [5.41, 5.74) is 1.64. The highest BCUT2D eigenvalue weighted by molar-refractivity contribution is 7.80. The second kappa shape index (κ2) is 13.7. The third-order valence-corrected chi connectivity index (χ3v) is 6.14. The normalized spacial score (nSPS) is 13.7. The van der Waals surface area contributed by atoms with E-state index in [0.29, 0.717) is 29.2 Å². The van der Waals surface area contributed by atoms with Crippen molar-refractivity contribution in [3.63, 3.8) is 0 Å². The number of carbonyl (C=O) groups is 2. The molecule has 0 radical (unpaired) electrons. The van der Waals surface area contributed by atoms with Crippen LogP contribution < -0.4 is 20.7 Å². The summed E-state index contributed by atoms with van der Waals surface area (Å²) in [4.78, 5) is 25.5. The molecule has 1 fully saturated rings. The lowest BCUT2D eigenvalue weighted by Gasteiger charge is -2.22. The summed E-state index contributed by atoms with van der Waals surface area (Å²) in [6, 6.07) is 14.5. The van der Waals surface area contributed by atoms with Crippen LogP contribution in [0.15, 0.2) is 48.5 Å². The van der Waals surface area contributed by atoms with E-state index in [1.807, 2.05) is 12.1 Å². The maximum Gasteiger partial charge on any atom is 0.261 e. The number of carbonyl (C=O) groups excluding carboxylic acids is 2. The molecule has 1 saturated carbocycles. The van der Waals surface area contributed by atoms with Crippen molar-refractivity contribution in [2.24, 2.45) is 0 Å². The van der Waals surface area contributed by atoms with Crippen molar-refractivity contribution in [2.75, 3.05) is 11.9 Å². The summed E-state index contributed by atoms with van der Waals surface area (Å²) >= 11 is 5.35. The minimum atomic E-state index is -0.340. The molecule has 182 valence electrons. The largest absolute Gasteiger partial charge is 0.493 e. The van der Waals surface area contributed by atoms with Gasteiger partial charge in [-0.1, -0.05) is 63.6 Å². The molecular weight excluding hydrogens is 446 g/mol. The van der Waals surface area contributed by atoms with E-state index < -0.39 is 0 Å². The Morgan fingerprint density at radius 3 is 2.56 bits per heavy atom. The third-order valence-electron chi connectivity index (χ3n) is 5.94. The van der Waals surface area contributed by atoms with Crippen LogP contribution >= 0.6 is 12.2 Å². The van der Waals surface area contributed by atoms with E-state index in [-0.39, 0.29) is 23.0 Å². The number of thiocarbonyl (C=S) groups is 1. The maximum absolute atomic E-state index is 12.8. The SMILES string of the molecule is CCCCCCOc1ccccc1C(=O)NC(=S)Nc1cccc(C(=O)NC2CCCCC2)c1. The zero-order valence-electron chi connectivity index (χ0n) is 19.9. The zero-order chi connectivity index (χ0) is 24.2. The average Bonchev–Trinajstić information content (AvgIpc) is 2.85. The fourth-order valence-electron chi connectivity index (χ4n) is 4.08. The molecule has 1 aliphatic rings. The van der Waals surface area contributed by atoms with Gasteiger partial charge in [0.2, 0.25) is 0 Å². The Hall–Kier alpha value is -2.93. The van der Waals surface area contributed by atoms with E-state index >= 15 is 0 Å². The third kappa shape index (κ3) is 8.13. The lowest BCUT2D eigenvalue weighted by Crippen LogP contribution is -2.36. The molecule has 2 aromatic rings. The summed E-state index contributed by atoms with van der Waals surface area (Å²) in [5.74, 6) is 0.115. The van der Waals surface area contributed by atoms with Gasteiger partial charge < -0.3 is 15.4 Å². The predicted molar refractivity (Wildman–Crippen MR) is 141 cm³/mol. The van der Waals surface area contributed by atoms with Crippen molar-refractivity contribution in [2.45, 2.75) is 70.8 Å². The molecule has 0 spiro atoms. The fraction of sp³-hybridized carbons (Fsp3) is 0.444. The first-order chi connectivity index (χ1) is 16.6. The number of rotatable bonds is 10. The monoisotopic (exact) mass is 481 g/mol. The molecule has 0 aliphatic heterocycles. The fourth-order valence-corrected chi connectivity index (χ4v) is 4.29. The van der Waals surface area contributed by atoms with E-state index in [1.165, 1.54) is 12.8 Å². The summed E-state index contributed by atoms with van der Waals surface area (Å²) < 4.78 is 5.84. The van der Waals surface area contributed by atoms with Gasteiger partial charge in [0.05, 0.1) is 12.2 Å². The average molecular weight is 482 g/mol. The van der Waals surface area contributed by atoms with Crippen LogP contribution in [0.25, 0.3) is 0 Å². The van der Waals surface area contributed by atoms with Gasteiger partial charge in [0.25, 0.3) is 11.8 Å². The number of para-hydroxylation sites is 1. The Morgan fingerprint density at radius 1 is 0.971 bits per heavy atom. The van der Waals surface area contributed by atoms with Crippen LogP contribution in [0.3, 0.4) is 0 Å². The first-order valence-electron chi connectivity index (χ1n) is 12.3. The Morgan fingerprint density at radius 2 is 1.76 bits per heavy atom. The summed E-state index contributed by atoms with van der Waals surface area (Å²) in [7, 11) is 0. The number of benzene rings is 2. The van der Waals surface area contributed by atoms with Gasteiger partial charge >= 0.3 is 0 Å². The maximum atomic E-state index is 12.8. The summed E-state index contributed by atoms with van der Waals surface area (Å²) in [5, 5.41) is 9.00. The van der Waals surface area contributed by atoms with Crippen molar-refractivity contribution >= 4 is 34.8 Å². The Kier molecular flexibility index (Phi) is 10.3. The van der Waals surface area contributed by atoms with Gasteiger partial charge in [-0.25, -0.2) is 0 Å². The Bertz CT molecular complexity index is 973. The number of hydrogen-bond acceptors (Lipinski definition) is 4. The summed E-state index contributed by atoms with van der Waals surface area (Å²) in [6.45, 7) is 2.74. The lowest BCUT2D eigenvalue weighted by atomic mass is 9.95. The molecule has 34 heavy (non-hydrogen) atoms. The van der Waals surface area contributed by atoms with Crippen LogP contribution in [0.5, 0.6) is 5.75 Å². The molecule has 3 rings (SSSR count). The quantitative estimate of drug-likeness (QED) is 0.294. The Labute approximate surface area is 207 Å². The molecule has 0 atom stereocenters. The van der Waals surface area contributed by atoms with E-state index in [1.54, 1.807) is 36.4 Å². The highest BCUT2D eigenvalue weighted by atomic mass is 32.1. The van der Waals surface area contributed by atoms with E-state index in [0.717, 1.165) is 44.9 Å². The number of anilines is 1. The van der Waals surface area contributed by atoms with Gasteiger partial charge in [-0.3, -0.25) is 14.9 Å². The molecular formula is C27H35N3O3S. The molecule has 2 amide bonds. The highest BCUT2D eigenvalue weighted by Gasteiger charge is 2.17. The number of hydrogen-bond donors (Lipinski definition) is 3. The van der Waals surface area contributed by atoms with Gasteiger partial charge in [0.15, 0.2) is 5.11 Å². The van der Waals surface area contributed by atoms with Crippen molar-refractivity contribution in [1.82, 2.24) is 10.6 Å². The first kappa shape index (κ1) is 25.7. The van der Waals surface area contributed by atoms with E-state index in [4.69, 9.17) is 17.0 Å². The number of unbranched alkanes of at least 4 members (excludes halogenated alkanes) is 3. The van der Waals surface area contributed by atoms with Gasteiger partial charge in [0, 0.05) is 17.3 Å². The molecule has 3 N–H and O–H groups in total. The van der Waals surface area contributed by atoms with Crippen molar-refractivity contribution in [3.8, 4) is 5.75 Å². The molecule has 1 aliphatic carbocycles. The zero-order valence-corrected chi connectivity index (χ0v) is 20.7. The Balaban J connectivity index is 1.54. The summed E-state index contributed by atoms with van der Waals surface area (Å²) in [6.07, 6.45) is 10.0. The molecule has 0 unspecified atom stereocenters. The van der Waals surface area contributed by atoms with Crippen molar-refractivity contribution < 1.29 is 14.3 Å². The molecule has 6 nitrogen and oxygen atoms in total. The van der Waals surface area contributed by atoms with Gasteiger partial charge in [0.1, 0.15) is 5.75 Å². The lowest BCUT2D eigenvalue weighted by molar-refractivity contribution is 0.0926. The number of amides is 2. The minimum Gasteiger partial charge on any atom is -0.493 e. The van der Waals surface area contributed by atoms with Gasteiger partial charge in [-0.15, -0.1) is 0 Å². The van der Waals surface area contributed by atoms with E-state index in [9.17, 15) is 9.59 Å². The standard InChI is InChI=1S/C27H35N3O3S/c1-2-3-4-10-18-33-24-17-9-8-16-23(24)26(32)30-27(34)29-22-15-11-12-20(19-22)25(31)28-21-13-6-5-7-14-21/h8-9,11-12,15-17,19,21H,2-7,10,13-14,18H2,1H3,(H,28,31)(H2,29,30,32,34). The molecule has 0 bridgehead atoms. The van der Waals surface area contributed by atoms with Crippen LogP contribution in [0.2, 0.25) is 0 Å². The van der Waals surface area contributed by atoms with Gasteiger partial charge in [-0.2, -0.15) is 0 Å². The second-order valence-corrected chi connectivity index (χ2v) is 9.11. The van der Waals surface area contributed by atoms with E-state index in [2.05, 4.69) is 22.9 Å². The first-order valence-corrected chi connectivity index (χ1v) is 12.7. The predicted octanol–water partition coefficient (Wildman–Crippen LogP) is 5.84. The minimum absolute atomic E-state index is 0.0875. The second-order valence-electron chi connectivity index (χ2n) is 8.70. The van der Waals surface area contributed by atoms with Crippen molar-refractivity contribution in [1.29, 1.82) is 0 Å². The van der Waals surface area contributed by atoms with Gasteiger partial charge in [-0.05, 0) is 61.8 Å². The van der Waals surface area contributed by atoms with Crippen LogP contribution in [0, 0.1) is 0 Å².